The Labute approximate surface area is 203 Å². The minimum absolute atomic E-state index is 0.192. The number of aryl methyl sites for hydroxylation is 1. The molecule has 0 amide bonds. The Morgan fingerprint density at radius 3 is 2.69 bits per heavy atom. The van der Waals surface area contributed by atoms with Crippen molar-refractivity contribution < 1.29 is 4.39 Å². The van der Waals surface area contributed by atoms with Crippen LogP contribution in [0.15, 0.2) is 65.5 Å². The third-order valence-corrected chi connectivity index (χ3v) is 5.95. The van der Waals surface area contributed by atoms with E-state index in [9.17, 15) is 4.39 Å². The molecular formula is C22H19BrClFN6S. The molecule has 4 rings (SSSR count). The first-order chi connectivity index (χ1) is 15.4. The van der Waals surface area contributed by atoms with Gasteiger partial charge < -0.3 is 10.6 Å². The lowest BCUT2D eigenvalue weighted by Gasteiger charge is -2.08. The molecule has 0 bridgehead atoms. The van der Waals surface area contributed by atoms with Crippen molar-refractivity contribution in [2.75, 3.05) is 10.6 Å². The lowest BCUT2D eigenvalue weighted by molar-refractivity contribution is 0.586. The highest BCUT2D eigenvalue weighted by molar-refractivity contribution is 9.10. The molecule has 0 aliphatic carbocycles. The van der Waals surface area contributed by atoms with Crippen LogP contribution in [-0.2, 0) is 13.1 Å². The number of thiocarbonyl (C=S) groups is 1. The molecule has 2 N–H and O–H groups in total. The molecule has 2 aromatic carbocycles. The van der Waals surface area contributed by atoms with Crippen molar-refractivity contribution in [1.82, 2.24) is 19.6 Å². The van der Waals surface area contributed by atoms with Gasteiger partial charge in [-0.15, -0.1) is 0 Å². The van der Waals surface area contributed by atoms with Gasteiger partial charge in [0.25, 0.3) is 0 Å². The van der Waals surface area contributed by atoms with E-state index in [4.69, 9.17) is 23.8 Å². The summed E-state index contributed by atoms with van der Waals surface area (Å²) in [5.74, 6) is 0.126. The van der Waals surface area contributed by atoms with Crippen LogP contribution >= 0.6 is 39.7 Å². The van der Waals surface area contributed by atoms with Gasteiger partial charge in [0.2, 0.25) is 0 Å². The summed E-state index contributed by atoms with van der Waals surface area (Å²) < 4.78 is 18.2. The fourth-order valence-electron chi connectivity index (χ4n) is 3.15. The first-order valence-electron chi connectivity index (χ1n) is 9.70. The number of hydrogen-bond acceptors (Lipinski definition) is 3. The maximum Gasteiger partial charge on any atom is 0.176 e. The van der Waals surface area contributed by atoms with E-state index < -0.39 is 0 Å². The average Bonchev–Trinajstić information content (AvgIpc) is 3.32. The van der Waals surface area contributed by atoms with Gasteiger partial charge in [-0.1, -0.05) is 41.9 Å². The minimum atomic E-state index is -0.376. The van der Waals surface area contributed by atoms with E-state index >= 15 is 0 Å². The molecular weight excluding hydrogens is 515 g/mol. The molecule has 164 valence electrons. The Morgan fingerprint density at radius 2 is 1.91 bits per heavy atom. The van der Waals surface area contributed by atoms with Crippen LogP contribution in [0.4, 0.5) is 15.9 Å². The topological polar surface area (TPSA) is 59.7 Å². The molecule has 4 aromatic rings. The molecule has 10 heteroatoms. The highest BCUT2D eigenvalue weighted by Crippen LogP contribution is 2.24. The third-order valence-electron chi connectivity index (χ3n) is 4.82. The molecule has 0 saturated heterocycles. The van der Waals surface area contributed by atoms with Gasteiger partial charge in [-0.3, -0.25) is 9.36 Å². The quantitative estimate of drug-likeness (QED) is 0.305. The second-order valence-electron chi connectivity index (χ2n) is 7.16. The van der Waals surface area contributed by atoms with Crippen molar-refractivity contribution in [3.8, 4) is 0 Å². The zero-order valence-electron chi connectivity index (χ0n) is 17.0. The van der Waals surface area contributed by atoms with Crippen LogP contribution in [0.2, 0.25) is 5.02 Å². The smallest absolute Gasteiger partial charge is 0.176 e. The Kier molecular flexibility index (Phi) is 6.88. The van der Waals surface area contributed by atoms with Crippen molar-refractivity contribution in [2.24, 2.45) is 0 Å². The molecule has 0 radical (unpaired) electrons. The Morgan fingerprint density at radius 1 is 1.09 bits per heavy atom. The van der Waals surface area contributed by atoms with Crippen molar-refractivity contribution in [3.63, 3.8) is 0 Å². The van der Waals surface area contributed by atoms with Gasteiger partial charge >= 0.3 is 0 Å². The largest absolute Gasteiger partial charge is 0.330 e. The fraction of sp³-hybridized carbons (Fsp3) is 0.136. The minimum Gasteiger partial charge on any atom is -0.330 e. The summed E-state index contributed by atoms with van der Waals surface area (Å²) in [4.78, 5) is 0. The Bertz CT molecular complexity index is 1250. The van der Waals surface area contributed by atoms with E-state index in [1.54, 1.807) is 29.2 Å². The molecule has 6 nitrogen and oxygen atoms in total. The monoisotopic (exact) mass is 532 g/mol. The SMILES string of the molecule is Cc1ccccc1Cn1cc(NC(=S)Nc2nn(Cc3c(F)cccc3Cl)cc2Br)cn1. The summed E-state index contributed by atoms with van der Waals surface area (Å²) in [5, 5.41) is 15.7. The van der Waals surface area contributed by atoms with E-state index in [2.05, 4.69) is 55.8 Å². The molecule has 0 fully saturated rings. The molecule has 0 aliphatic heterocycles. The van der Waals surface area contributed by atoms with Crippen LogP contribution in [0, 0.1) is 12.7 Å². The maximum atomic E-state index is 14.1. The third kappa shape index (κ3) is 5.35. The molecule has 0 aliphatic rings. The van der Waals surface area contributed by atoms with Crippen LogP contribution in [0.1, 0.15) is 16.7 Å². The van der Waals surface area contributed by atoms with Crippen LogP contribution in [0.3, 0.4) is 0 Å². The average molecular weight is 534 g/mol. The highest BCUT2D eigenvalue weighted by atomic mass is 79.9. The second-order valence-corrected chi connectivity index (χ2v) is 8.83. The molecule has 2 aromatic heterocycles. The van der Waals surface area contributed by atoms with Gasteiger partial charge in [0.15, 0.2) is 10.9 Å². The van der Waals surface area contributed by atoms with Gasteiger partial charge in [0.1, 0.15) is 5.82 Å². The van der Waals surface area contributed by atoms with Gasteiger partial charge in [-0.25, -0.2) is 4.39 Å². The predicted octanol–water partition coefficient (Wildman–Crippen LogP) is 5.85. The number of nitrogens with zero attached hydrogens (tertiary/aromatic N) is 4. The number of hydrogen-bond donors (Lipinski definition) is 2. The summed E-state index contributed by atoms with van der Waals surface area (Å²) in [6, 6.07) is 12.8. The molecule has 0 unspecified atom stereocenters. The predicted molar refractivity (Wildman–Crippen MR) is 133 cm³/mol. The van der Waals surface area contributed by atoms with Crippen LogP contribution in [0.25, 0.3) is 0 Å². The molecule has 0 spiro atoms. The number of benzene rings is 2. The highest BCUT2D eigenvalue weighted by Gasteiger charge is 2.13. The van der Waals surface area contributed by atoms with E-state index in [0.29, 0.717) is 32.5 Å². The summed E-state index contributed by atoms with van der Waals surface area (Å²) in [7, 11) is 0. The lowest BCUT2D eigenvalue weighted by Crippen LogP contribution is -2.19. The molecule has 32 heavy (non-hydrogen) atoms. The zero-order valence-corrected chi connectivity index (χ0v) is 20.2. The van der Waals surface area contributed by atoms with Crippen LogP contribution in [0.5, 0.6) is 0 Å². The number of rotatable bonds is 6. The van der Waals surface area contributed by atoms with Gasteiger partial charge in [0.05, 0.1) is 29.4 Å². The standard InChI is InChI=1S/C22H19BrClFN6S/c1-14-5-2-3-6-15(14)10-30-11-16(9-26-30)27-22(32)28-21-18(23)13-31(29-21)12-17-19(24)7-4-8-20(17)25/h2-9,11,13H,10,12H2,1H3,(H2,27,28,29,32). The number of aromatic nitrogens is 4. The van der Waals surface area contributed by atoms with Gasteiger partial charge in [-0.2, -0.15) is 10.2 Å². The lowest BCUT2D eigenvalue weighted by atomic mass is 10.1. The summed E-state index contributed by atoms with van der Waals surface area (Å²) in [6.45, 7) is 2.94. The van der Waals surface area contributed by atoms with E-state index in [0.717, 1.165) is 5.69 Å². The van der Waals surface area contributed by atoms with Crippen molar-refractivity contribution in [3.05, 3.63) is 93.1 Å². The Balaban J connectivity index is 1.39. The van der Waals surface area contributed by atoms with E-state index in [1.807, 2.05) is 23.0 Å². The number of anilines is 2. The molecule has 2 heterocycles. The van der Waals surface area contributed by atoms with Crippen LogP contribution in [-0.4, -0.2) is 24.7 Å². The summed E-state index contributed by atoms with van der Waals surface area (Å²) in [5.41, 5.74) is 3.54. The summed E-state index contributed by atoms with van der Waals surface area (Å²) >= 11 is 15.0. The van der Waals surface area contributed by atoms with Gasteiger partial charge in [-0.05, 0) is 58.3 Å². The fourth-order valence-corrected chi connectivity index (χ4v) is 4.01. The molecule has 0 atom stereocenters. The zero-order chi connectivity index (χ0) is 22.7. The Hall–Kier alpha value is -2.75. The van der Waals surface area contributed by atoms with Gasteiger partial charge in [0, 0.05) is 23.0 Å². The number of halogens is 3. The van der Waals surface area contributed by atoms with Crippen molar-refractivity contribution in [1.29, 1.82) is 0 Å². The van der Waals surface area contributed by atoms with Crippen molar-refractivity contribution >= 4 is 56.4 Å². The second kappa shape index (κ2) is 9.81. The van der Waals surface area contributed by atoms with E-state index in [1.165, 1.54) is 17.2 Å². The first kappa shape index (κ1) is 22.4. The molecule has 0 saturated carbocycles. The summed E-state index contributed by atoms with van der Waals surface area (Å²) in [6.07, 6.45) is 5.32. The van der Waals surface area contributed by atoms with Crippen LogP contribution < -0.4 is 10.6 Å². The normalized spacial score (nSPS) is 10.9. The number of nitrogens with one attached hydrogen (secondary N) is 2. The van der Waals surface area contributed by atoms with E-state index in [-0.39, 0.29) is 12.4 Å². The first-order valence-corrected chi connectivity index (χ1v) is 11.3. The maximum absolute atomic E-state index is 14.1. The van der Waals surface area contributed by atoms with Crippen molar-refractivity contribution in [2.45, 2.75) is 20.0 Å².